The first-order chi connectivity index (χ1) is 15.7. The van der Waals surface area contributed by atoms with Crippen LogP contribution < -0.4 is 4.90 Å². The van der Waals surface area contributed by atoms with E-state index in [0.29, 0.717) is 28.1 Å². The predicted octanol–water partition coefficient (Wildman–Crippen LogP) is 5.38. The lowest BCUT2D eigenvalue weighted by molar-refractivity contribution is -0.149. The van der Waals surface area contributed by atoms with Crippen LogP contribution in [-0.2, 0) is 19.1 Å². The molecule has 1 aliphatic rings. The van der Waals surface area contributed by atoms with Crippen molar-refractivity contribution in [1.29, 1.82) is 0 Å². The van der Waals surface area contributed by atoms with E-state index in [1.165, 1.54) is 35.5 Å². The van der Waals surface area contributed by atoms with Gasteiger partial charge in [0, 0.05) is 44.9 Å². The number of esters is 2. The molecule has 0 bridgehead atoms. The normalized spacial score (nSPS) is 15.1. The highest BCUT2D eigenvalue weighted by Gasteiger charge is 2.36. The summed E-state index contributed by atoms with van der Waals surface area (Å²) in [6.45, 7) is 10.6. The van der Waals surface area contributed by atoms with Crippen molar-refractivity contribution in [2.75, 3.05) is 4.90 Å². The van der Waals surface area contributed by atoms with Crippen LogP contribution >= 0.6 is 22.6 Å². The van der Waals surface area contributed by atoms with E-state index in [4.69, 9.17) is 9.47 Å². The molecular formula is C26H27IN2O5. The van der Waals surface area contributed by atoms with Gasteiger partial charge in [0.15, 0.2) is 0 Å². The number of carbonyl (C=O) groups excluding carboxylic acids is 3. The van der Waals surface area contributed by atoms with Gasteiger partial charge in [0.2, 0.25) is 0 Å². The molecule has 3 rings (SSSR count). The molecule has 7 nitrogen and oxygen atoms in total. The zero-order valence-electron chi connectivity index (χ0n) is 20.0. The molecule has 1 aliphatic heterocycles. The SMILES string of the molecule is CC(C)(C)OC(=O)/C=C/c1cncc2c1C(=O)N(c1ccc(I)cc1)/C2=C/C(=O)OC(C)(C)C. The van der Waals surface area contributed by atoms with Crippen molar-refractivity contribution in [3.8, 4) is 0 Å². The molecule has 0 saturated carbocycles. The third-order valence-electron chi connectivity index (χ3n) is 4.46. The maximum absolute atomic E-state index is 13.6. The van der Waals surface area contributed by atoms with E-state index < -0.39 is 23.1 Å². The zero-order valence-corrected chi connectivity index (χ0v) is 22.2. The van der Waals surface area contributed by atoms with Gasteiger partial charge in [0.1, 0.15) is 11.2 Å². The summed E-state index contributed by atoms with van der Waals surface area (Å²) in [4.78, 5) is 44.1. The molecule has 2 aromatic rings. The van der Waals surface area contributed by atoms with Gasteiger partial charge in [-0.2, -0.15) is 0 Å². The second-order valence-electron chi connectivity index (χ2n) is 9.70. The first-order valence-corrected chi connectivity index (χ1v) is 11.8. The molecule has 0 aliphatic carbocycles. The Labute approximate surface area is 213 Å². The number of hydrogen-bond donors (Lipinski definition) is 0. The van der Waals surface area contributed by atoms with Gasteiger partial charge in [-0.3, -0.25) is 14.7 Å². The Balaban J connectivity index is 2.09. The molecule has 0 N–H and O–H groups in total. The molecule has 178 valence electrons. The number of anilines is 1. The minimum absolute atomic E-state index is 0.336. The number of aromatic nitrogens is 1. The van der Waals surface area contributed by atoms with Gasteiger partial charge in [-0.15, -0.1) is 0 Å². The Kier molecular flexibility index (Phi) is 7.30. The van der Waals surface area contributed by atoms with Gasteiger partial charge in [0.25, 0.3) is 5.91 Å². The fraction of sp³-hybridized carbons (Fsp3) is 0.308. The van der Waals surface area contributed by atoms with Crippen LogP contribution in [0.5, 0.6) is 0 Å². The minimum atomic E-state index is -0.691. The molecule has 0 saturated heterocycles. The highest BCUT2D eigenvalue weighted by atomic mass is 127. The van der Waals surface area contributed by atoms with Crippen molar-refractivity contribution in [3.05, 3.63) is 69.1 Å². The number of pyridine rings is 1. The van der Waals surface area contributed by atoms with Gasteiger partial charge >= 0.3 is 11.9 Å². The molecular weight excluding hydrogens is 547 g/mol. The van der Waals surface area contributed by atoms with E-state index in [-0.39, 0.29) is 5.91 Å². The van der Waals surface area contributed by atoms with E-state index in [2.05, 4.69) is 27.6 Å². The molecule has 0 radical (unpaired) electrons. The lowest BCUT2D eigenvalue weighted by Gasteiger charge is -2.21. The molecule has 1 amide bonds. The standard InChI is InChI=1S/C26H27IN2O5/c1-25(2,3)33-21(30)12-7-16-14-28-15-19-20(13-22(31)34-26(4,5)6)29(24(32)23(16)19)18-10-8-17(27)9-11-18/h7-15H,1-6H3/b12-7+,20-13+. The third kappa shape index (κ3) is 6.31. The van der Waals surface area contributed by atoms with Crippen molar-refractivity contribution in [3.63, 3.8) is 0 Å². The molecule has 0 spiro atoms. The fourth-order valence-corrected chi connectivity index (χ4v) is 3.66. The maximum atomic E-state index is 13.6. The van der Waals surface area contributed by atoms with Crippen LogP contribution in [0.15, 0.2) is 48.8 Å². The van der Waals surface area contributed by atoms with E-state index >= 15 is 0 Å². The van der Waals surface area contributed by atoms with Crippen LogP contribution in [0.4, 0.5) is 5.69 Å². The first-order valence-electron chi connectivity index (χ1n) is 10.7. The average Bonchev–Trinajstić information content (AvgIpc) is 2.97. The summed E-state index contributed by atoms with van der Waals surface area (Å²) in [7, 11) is 0. The molecule has 2 heterocycles. The second-order valence-corrected chi connectivity index (χ2v) is 10.9. The lowest BCUT2D eigenvalue weighted by atomic mass is 10.0. The van der Waals surface area contributed by atoms with E-state index in [1.807, 2.05) is 12.1 Å². The van der Waals surface area contributed by atoms with Crippen LogP contribution in [0.25, 0.3) is 11.8 Å². The summed E-state index contributed by atoms with van der Waals surface area (Å²) < 4.78 is 11.8. The summed E-state index contributed by atoms with van der Waals surface area (Å²) in [5.41, 5.74) is 0.872. The third-order valence-corrected chi connectivity index (χ3v) is 5.18. The number of nitrogens with zero attached hydrogens (tertiary/aromatic N) is 2. The van der Waals surface area contributed by atoms with Crippen molar-refractivity contribution >= 4 is 57.9 Å². The fourth-order valence-electron chi connectivity index (χ4n) is 3.30. The summed E-state index contributed by atoms with van der Waals surface area (Å²) in [6, 6.07) is 7.36. The molecule has 0 unspecified atom stereocenters. The summed E-state index contributed by atoms with van der Waals surface area (Å²) in [5.74, 6) is -1.44. The number of hydrogen-bond acceptors (Lipinski definition) is 6. The summed E-state index contributed by atoms with van der Waals surface area (Å²) in [5, 5.41) is 0. The number of rotatable bonds is 4. The van der Waals surface area contributed by atoms with Crippen LogP contribution in [0.2, 0.25) is 0 Å². The molecule has 8 heteroatoms. The Morgan fingerprint density at radius 2 is 1.53 bits per heavy atom. The highest BCUT2D eigenvalue weighted by molar-refractivity contribution is 14.1. The van der Waals surface area contributed by atoms with Gasteiger partial charge < -0.3 is 9.47 Å². The average molecular weight is 574 g/mol. The highest BCUT2D eigenvalue weighted by Crippen LogP contribution is 2.38. The van der Waals surface area contributed by atoms with E-state index in [1.54, 1.807) is 53.7 Å². The Hall–Kier alpha value is -3.01. The predicted molar refractivity (Wildman–Crippen MR) is 139 cm³/mol. The number of ether oxygens (including phenoxy) is 2. The van der Waals surface area contributed by atoms with Crippen molar-refractivity contribution < 1.29 is 23.9 Å². The van der Waals surface area contributed by atoms with E-state index in [9.17, 15) is 14.4 Å². The topological polar surface area (TPSA) is 85.8 Å². The van der Waals surface area contributed by atoms with Gasteiger partial charge in [0.05, 0.1) is 11.3 Å². The van der Waals surface area contributed by atoms with Gasteiger partial charge in [-0.1, -0.05) is 0 Å². The van der Waals surface area contributed by atoms with Crippen molar-refractivity contribution in [2.45, 2.75) is 52.7 Å². The van der Waals surface area contributed by atoms with Crippen LogP contribution in [-0.4, -0.2) is 34.0 Å². The number of carbonyl (C=O) groups is 3. The minimum Gasteiger partial charge on any atom is -0.457 e. The molecule has 0 atom stereocenters. The van der Waals surface area contributed by atoms with Crippen molar-refractivity contribution in [2.24, 2.45) is 0 Å². The number of benzene rings is 1. The number of halogens is 1. The largest absolute Gasteiger partial charge is 0.457 e. The monoisotopic (exact) mass is 574 g/mol. The second kappa shape index (κ2) is 9.69. The number of fused-ring (bicyclic) bond motifs is 1. The Morgan fingerprint density at radius 1 is 0.941 bits per heavy atom. The van der Waals surface area contributed by atoms with Crippen LogP contribution in [0.3, 0.4) is 0 Å². The summed E-state index contributed by atoms with van der Waals surface area (Å²) in [6.07, 6.45) is 7.10. The van der Waals surface area contributed by atoms with Crippen molar-refractivity contribution in [1.82, 2.24) is 4.98 Å². The van der Waals surface area contributed by atoms with Gasteiger partial charge in [-0.25, -0.2) is 9.59 Å². The lowest BCUT2D eigenvalue weighted by Crippen LogP contribution is -2.25. The summed E-state index contributed by atoms with van der Waals surface area (Å²) >= 11 is 2.18. The Bertz CT molecular complexity index is 1190. The quantitative estimate of drug-likeness (QED) is 0.277. The number of amides is 1. The molecule has 0 fully saturated rings. The van der Waals surface area contributed by atoms with Gasteiger partial charge in [-0.05, 0) is 94.5 Å². The molecule has 34 heavy (non-hydrogen) atoms. The molecule has 1 aromatic heterocycles. The van der Waals surface area contributed by atoms with Crippen LogP contribution in [0.1, 0.15) is 63.0 Å². The zero-order chi connectivity index (χ0) is 25.3. The first kappa shape index (κ1) is 25.6. The Morgan fingerprint density at radius 3 is 2.12 bits per heavy atom. The molecule has 1 aromatic carbocycles. The smallest absolute Gasteiger partial charge is 0.333 e. The maximum Gasteiger partial charge on any atom is 0.333 e. The van der Waals surface area contributed by atoms with E-state index in [0.717, 1.165) is 3.57 Å². The van der Waals surface area contributed by atoms with Crippen LogP contribution in [0, 0.1) is 3.57 Å².